The zero-order valence-electron chi connectivity index (χ0n) is 13.6. The van der Waals surface area contributed by atoms with E-state index in [2.05, 4.69) is 16.8 Å². The van der Waals surface area contributed by atoms with E-state index in [0.29, 0.717) is 13.0 Å². The second kappa shape index (κ2) is 7.49. The summed E-state index contributed by atoms with van der Waals surface area (Å²) in [5.41, 5.74) is 3.64. The number of imidazole rings is 1. The van der Waals surface area contributed by atoms with Crippen molar-refractivity contribution in [2.45, 2.75) is 32.7 Å². The van der Waals surface area contributed by atoms with Crippen molar-refractivity contribution in [3.63, 3.8) is 0 Å². The number of carbonyl (C=O) groups is 1. The van der Waals surface area contributed by atoms with Crippen LogP contribution in [0.3, 0.4) is 0 Å². The zero-order chi connectivity index (χ0) is 16.9. The average Bonchev–Trinajstić information content (AvgIpc) is 2.94. The van der Waals surface area contributed by atoms with Crippen LogP contribution in [0.25, 0.3) is 11.0 Å². The summed E-state index contributed by atoms with van der Waals surface area (Å²) in [6.07, 6.45) is 3.78. The number of para-hydroxylation sites is 1. The Labute approximate surface area is 146 Å². The lowest BCUT2D eigenvalue weighted by atomic mass is 10.2. The molecule has 0 saturated carbocycles. The van der Waals surface area contributed by atoms with Crippen LogP contribution in [0.2, 0.25) is 5.02 Å². The molecular formula is C19H20ClN3O. The predicted octanol–water partition coefficient (Wildman–Crippen LogP) is 4.65. The fraction of sp³-hybridized carbons (Fsp3) is 0.263. The monoisotopic (exact) mass is 341 g/mol. The summed E-state index contributed by atoms with van der Waals surface area (Å²) in [6.45, 7) is 2.80. The summed E-state index contributed by atoms with van der Waals surface area (Å²) in [5, 5.41) is 3.52. The minimum Gasteiger partial charge on any atom is -0.327 e. The van der Waals surface area contributed by atoms with Gasteiger partial charge in [0, 0.05) is 11.4 Å². The molecule has 0 aliphatic carbocycles. The van der Waals surface area contributed by atoms with Gasteiger partial charge in [-0.1, -0.05) is 49.2 Å². The molecule has 1 heterocycles. The highest BCUT2D eigenvalue weighted by atomic mass is 35.5. The summed E-state index contributed by atoms with van der Waals surface area (Å²) in [4.78, 5) is 15.7. The van der Waals surface area contributed by atoms with E-state index in [1.807, 2.05) is 42.5 Å². The summed E-state index contributed by atoms with van der Waals surface area (Å²) in [7, 11) is 0. The van der Waals surface area contributed by atoms with Gasteiger partial charge in [0.15, 0.2) is 0 Å². The van der Waals surface area contributed by atoms with Crippen LogP contribution in [0.1, 0.15) is 31.2 Å². The van der Waals surface area contributed by atoms with Gasteiger partial charge in [-0.25, -0.2) is 4.98 Å². The lowest BCUT2D eigenvalue weighted by molar-refractivity contribution is -0.105. The maximum atomic E-state index is 11.0. The highest BCUT2D eigenvalue weighted by molar-refractivity contribution is 6.31. The SMILES string of the molecule is CCCCc1nc2cccc(NC=O)c2n1Cc1ccccc1Cl. The van der Waals surface area contributed by atoms with Crippen LogP contribution >= 0.6 is 11.6 Å². The molecule has 124 valence electrons. The predicted molar refractivity (Wildman–Crippen MR) is 98.6 cm³/mol. The van der Waals surface area contributed by atoms with Crippen LogP contribution in [0, 0.1) is 0 Å². The Morgan fingerprint density at radius 3 is 2.79 bits per heavy atom. The minimum atomic E-state index is 0.632. The van der Waals surface area contributed by atoms with E-state index in [1.54, 1.807) is 0 Å². The number of carbonyl (C=O) groups excluding carboxylic acids is 1. The summed E-state index contributed by atoms with van der Waals surface area (Å²) in [6, 6.07) is 13.6. The van der Waals surface area contributed by atoms with Crippen LogP contribution in [-0.2, 0) is 17.8 Å². The van der Waals surface area contributed by atoms with E-state index in [9.17, 15) is 4.79 Å². The number of anilines is 1. The number of halogens is 1. The Morgan fingerprint density at radius 1 is 1.21 bits per heavy atom. The lowest BCUT2D eigenvalue weighted by Crippen LogP contribution is -2.07. The van der Waals surface area contributed by atoms with Crippen molar-refractivity contribution in [1.29, 1.82) is 0 Å². The van der Waals surface area contributed by atoms with Crippen LogP contribution in [-0.4, -0.2) is 16.0 Å². The number of nitrogens with zero attached hydrogens (tertiary/aromatic N) is 2. The van der Waals surface area contributed by atoms with Gasteiger partial charge in [0.05, 0.1) is 23.3 Å². The van der Waals surface area contributed by atoms with Crippen molar-refractivity contribution in [1.82, 2.24) is 9.55 Å². The number of aromatic nitrogens is 2. The second-order valence-corrected chi connectivity index (χ2v) is 6.15. The first kappa shape index (κ1) is 16.5. The van der Waals surface area contributed by atoms with Crippen LogP contribution in [0.15, 0.2) is 42.5 Å². The van der Waals surface area contributed by atoms with Crippen LogP contribution < -0.4 is 5.32 Å². The third-order valence-electron chi connectivity index (χ3n) is 4.10. The van der Waals surface area contributed by atoms with Crippen molar-refractivity contribution in [2.24, 2.45) is 0 Å². The number of aryl methyl sites for hydroxylation is 1. The quantitative estimate of drug-likeness (QED) is 0.636. The fourth-order valence-electron chi connectivity index (χ4n) is 2.91. The van der Waals surface area contributed by atoms with Gasteiger partial charge in [0.25, 0.3) is 0 Å². The Morgan fingerprint density at radius 2 is 2.04 bits per heavy atom. The van der Waals surface area contributed by atoms with E-state index in [4.69, 9.17) is 16.6 Å². The molecule has 1 amide bonds. The van der Waals surface area contributed by atoms with E-state index in [0.717, 1.165) is 52.4 Å². The van der Waals surface area contributed by atoms with E-state index >= 15 is 0 Å². The van der Waals surface area contributed by atoms with Crippen molar-refractivity contribution < 1.29 is 4.79 Å². The number of nitrogens with one attached hydrogen (secondary N) is 1. The van der Waals surface area contributed by atoms with E-state index in [-0.39, 0.29) is 0 Å². The Kier molecular flexibility index (Phi) is 5.16. The largest absolute Gasteiger partial charge is 0.327 e. The summed E-state index contributed by atoms with van der Waals surface area (Å²) < 4.78 is 2.16. The van der Waals surface area contributed by atoms with Gasteiger partial charge >= 0.3 is 0 Å². The van der Waals surface area contributed by atoms with Crippen molar-refractivity contribution >= 4 is 34.7 Å². The topological polar surface area (TPSA) is 46.9 Å². The summed E-state index contributed by atoms with van der Waals surface area (Å²) >= 11 is 6.34. The van der Waals surface area contributed by atoms with Crippen LogP contribution in [0.4, 0.5) is 5.69 Å². The molecular weight excluding hydrogens is 322 g/mol. The van der Waals surface area contributed by atoms with Crippen molar-refractivity contribution in [3.05, 3.63) is 58.9 Å². The molecule has 0 aliphatic rings. The maximum absolute atomic E-state index is 11.0. The molecule has 0 radical (unpaired) electrons. The Hall–Kier alpha value is -2.33. The second-order valence-electron chi connectivity index (χ2n) is 5.74. The lowest BCUT2D eigenvalue weighted by Gasteiger charge is -2.12. The molecule has 1 aromatic heterocycles. The number of hydrogen-bond donors (Lipinski definition) is 1. The van der Waals surface area contributed by atoms with Crippen molar-refractivity contribution in [3.8, 4) is 0 Å². The number of fused-ring (bicyclic) bond motifs is 1. The molecule has 3 rings (SSSR count). The number of amides is 1. The summed E-state index contributed by atoms with van der Waals surface area (Å²) in [5.74, 6) is 1.02. The molecule has 24 heavy (non-hydrogen) atoms. The molecule has 4 nitrogen and oxygen atoms in total. The highest BCUT2D eigenvalue weighted by Crippen LogP contribution is 2.27. The average molecular weight is 342 g/mol. The molecule has 0 bridgehead atoms. The first-order valence-electron chi connectivity index (χ1n) is 8.16. The first-order chi connectivity index (χ1) is 11.7. The molecule has 0 aliphatic heterocycles. The van der Waals surface area contributed by atoms with Gasteiger partial charge in [-0.05, 0) is 30.2 Å². The third kappa shape index (κ3) is 3.29. The smallest absolute Gasteiger partial charge is 0.211 e. The van der Waals surface area contributed by atoms with Crippen molar-refractivity contribution in [2.75, 3.05) is 5.32 Å². The highest BCUT2D eigenvalue weighted by Gasteiger charge is 2.15. The van der Waals surface area contributed by atoms with E-state index < -0.39 is 0 Å². The first-order valence-corrected chi connectivity index (χ1v) is 8.54. The van der Waals surface area contributed by atoms with Gasteiger partial charge in [-0.2, -0.15) is 0 Å². The van der Waals surface area contributed by atoms with Gasteiger partial charge < -0.3 is 9.88 Å². The van der Waals surface area contributed by atoms with Gasteiger partial charge in [0.2, 0.25) is 6.41 Å². The Bertz CT molecular complexity index is 857. The number of hydrogen-bond acceptors (Lipinski definition) is 2. The normalized spacial score (nSPS) is 10.9. The third-order valence-corrected chi connectivity index (χ3v) is 4.47. The number of unbranched alkanes of at least 4 members (excludes halogenated alkanes) is 1. The molecule has 0 unspecified atom stereocenters. The number of rotatable bonds is 7. The van der Waals surface area contributed by atoms with Gasteiger partial charge in [-0.3, -0.25) is 4.79 Å². The molecule has 1 N–H and O–H groups in total. The fourth-order valence-corrected chi connectivity index (χ4v) is 3.10. The maximum Gasteiger partial charge on any atom is 0.211 e. The molecule has 0 saturated heterocycles. The zero-order valence-corrected chi connectivity index (χ0v) is 14.4. The molecule has 3 aromatic rings. The van der Waals surface area contributed by atoms with Crippen LogP contribution in [0.5, 0.6) is 0 Å². The molecule has 0 atom stereocenters. The molecule has 5 heteroatoms. The standard InChI is InChI=1S/C19H20ClN3O/c1-2-3-11-18-22-17-10-6-9-16(21-13-24)19(17)23(18)12-14-7-4-5-8-15(14)20/h4-10,13H,2-3,11-12H2,1H3,(H,21,24). The van der Waals surface area contributed by atoms with Gasteiger partial charge in [0.1, 0.15) is 5.82 Å². The Balaban J connectivity index is 2.14. The molecule has 0 spiro atoms. The van der Waals surface area contributed by atoms with Gasteiger partial charge in [-0.15, -0.1) is 0 Å². The van der Waals surface area contributed by atoms with E-state index in [1.165, 1.54) is 0 Å². The minimum absolute atomic E-state index is 0.632. The number of benzene rings is 2. The molecule has 2 aromatic carbocycles. The molecule has 0 fully saturated rings.